The van der Waals surface area contributed by atoms with Crippen molar-refractivity contribution in [1.29, 1.82) is 0 Å². The molecule has 0 radical (unpaired) electrons. The van der Waals surface area contributed by atoms with Crippen LogP contribution < -0.4 is 21.1 Å². The van der Waals surface area contributed by atoms with Crippen molar-refractivity contribution in [1.82, 2.24) is 0 Å². The molecule has 2 rings (SSSR count). The molecule has 0 aliphatic heterocycles. The Morgan fingerprint density at radius 3 is 2.38 bits per heavy atom. The van der Waals surface area contributed by atoms with Crippen LogP contribution in [-0.4, -0.2) is 13.1 Å². The average Bonchev–Trinajstić information content (AvgIpc) is 2.50. The summed E-state index contributed by atoms with van der Waals surface area (Å²) in [5.74, 6) is -0.416. The zero-order valence-electron chi connectivity index (χ0n) is 11.5. The number of ether oxygens (including phenoxy) is 1. The molecule has 0 spiro atoms. The highest BCUT2D eigenvalue weighted by molar-refractivity contribution is 5.99. The van der Waals surface area contributed by atoms with Gasteiger partial charge >= 0.3 is 6.03 Å². The number of nitrogens with one attached hydrogen (secondary N) is 2. The molecule has 110 valence electrons. The number of urea groups is 1. The van der Waals surface area contributed by atoms with E-state index in [-0.39, 0.29) is 5.75 Å². The lowest BCUT2D eigenvalue weighted by Gasteiger charge is -2.09. The highest BCUT2D eigenvalue weighted by Crippen LogP contribution is 2.21. The first kappa shape index (κ1) is 14.8. The van der Waals surface area contributed by atoms with Crippen LogP contribution in [0.25, 0.3) is 0 Å². The van der Waals surface area contributed by atoms with Crippen molar-refractivity contribution in [3.05, 3.63) is 53.8 Å². The molecule has 2 amide bonds. The third kappa shape index (κ3) is 3.93. The summed E-state index contributed by atoms with van der Waals surface area (Å²) >= 11 is 0. The normalized spacial score (nSPS) is 10.0. The fourth-order valence-corrected chi connectivity index (χ4v) is 1.76. The fraction of sp³-hybridized carbons (Fsp3) is 0.133. The van der Waals surface area contributed by atoms with Gasteiger partial charge in [0.25, 0.3) is 0 Å². The molecule has 0 aliphatic carbocycles. The second kappa shape index (κ2) is 6.71. The molecule has 2 aromatic rings. The number of amides is 2. The molecule has 0 bridgehead atoms. The Labute approximate surface area is 121 Å². The molecule has 0 saturated heterocycles. The summed E-state index contributed by atoms with van der Waals surface area (Å²) < 4.78 is 18.1. The molecular formula is C15H16FN3O2. The maximum absolute atomic E-state index is 13.3. The topological polar surface area (TPSA) is 76.4 Å². The summed E-state index contributed by atoms with van der Waals surface area (Å²) in [6, 6.07) is 10.8. The Balaban J connectivity index is 2.00. The average molecular weight is 289 g/mol. The minimum atomic E-state index is -0.485. The van der Waals surface area contributed by atoms with Gasteiger partial charge in [-0.15, -0.1) is 0 Å². The van der Waals surface area contributed by atoms with Crippen molar-refractivity contribution < 1.29 is 13.9 Å². The van der Waals surface area contributed by atoms with Gasteiger partial charge in [0.15, 0.2) is 11.6 Å². The second-order valence-corrected chi connectivity index (χ2v) is 4.33. The number of hydrogen-bond donors (Lipinski definition) is 3. The van der Waals surface area contributed by atoms with Crippen molar-refractivity contribution in [2.24, 2.45) is 5.73 Å². The zero-order valence-corrected chi connectivity index (χ0v) is 11.5. The Kier molecular flexibility index (Phi) is 4.73. The van der Waals surface area contributed by atoms with Gasteiger partial charge < -0.3 is 21.1 Å². The quantitative estimate of drug-likeness (QED) is 0.810. The first-order valence-corrected chi connectivity index (χ1v) is 6.33. The van der Waals surface area contributed by atoms with Crippen LogP contribution in [0.1, 0.15) is 5.56 Å². The largest absolute Gasteiger partial charge is 0.494 e. The van der Waals surface area contributed by atoms with E-state index in [1.54, 1.807) is 12.1 Å². The van der Waals surface area contributed by atoms with E-state index in [1.807, 2.05) is 12.1 Å². The van der Waals surface area contributed by atoms with Crippen LogP contribution in [-0.2, 0) is 6.54 Å². The van der Waals surface area contributed by atoms with E-state index >= 15 is 0 Å². The Morgan fingerprint density at radius 2 is 1.76 bits per heavy atom. The van der Waals surface area contributed by atoms with E-state index in [0.29, 0.717) is 17.9 Å². The highest BCUT2D eigenvalue weighted by atomic mass is 19.1. The highest BCUT2D eigenvalue weighted by Gasteiger charge is 2.07. The molecule has 0 aliphatic rings. The van der Waals surface area contributed by atoms with Crippen LogP contribution in [0.5, 0.6) is 5.75 Å². The van der Waals surface area contributed by atoms with Crippen LogP contribution in [0, 0.1) is 5.82 Å². The lowest BCUT2D eigenvalue weighted by Crippen LogP contribution is -2.19. The van der Waals surface area contributed by atoms with E-state index < -0.39 is 11.8 Å². The summed E-state index contributed by atoms with van der Waals surface area (Å²) in [5, 5.41) is 5.27. The van der Waals surface area contributed by atoms with Gasteiger partial charge in [0.05, 0.1) is 7.11 Å². The van der Waals surface area contributed by atoms with Gasteiger partial charge in [-0.25, -0.2) is 9.18 Å². The molecule has 6 heteroatoms. The predicted molar refractivity (Wildman–Crippen MR) is 79.9 cm³/mol. The van der Waals surface area contributed by atoms with Crippen molar-refractivity contribution in [3.8, 4) is 5.75 Å². The molecule has 0 heterocycles. The molecule has 0 atom stereocenters. The number of carbonyl (C=O) groups is 1. The van der Waals surface area contributed by atoms with Crippen LogP contribution in [0.15, 0.2) is 42.5 Å². The number of benzene rings is 2. The minimum absolute atomic E-state index is 0.0695. The van der Waals surface area contributed by atoms with E-state index in [0.717, 1.165) is 5.56 Å². The summed E-state index contributed by atoms with van der Waals surface area (Å²) in [4.78, 5) is 11.8. The Hall–Kier alpha value is -2.60. The summed E-state index contributed by atoms with van der Waals surface area (Å²) in [6.07, 6.45) is 0. The predicted octanol–water partition coefficient (Wildman–Crippen LogP) is 2.94. The monoisotopic (exact) mass is 289 g/mol. The molecule has 0 fully saturated rings. The summed E-state index contributed by atoms with van der Waals surface area (Å²) in [5.41, 5.74) is 7.55. The third-order valence-corrected chi connectivity index (χ3v) is 2.86. The number of anilines is 2. The molecule has 0 aromatic heterocycles. The maximum Gasteiger partial charge on any atom is 0.323 e. The second-order valence-electron chi connectivity index (χ2n) is 4.33. The SMILES string of the molecule is COc1cc(NC(=O)Nc2ccc(CN)cc2)ccc1F. The smallest absolute Gasteiger partial charge is 0.323 e. The summed E-state index contributed by atoms with van der Waals surface area (Å²) in [7, 11) is 1.36. The van der Waals surface area contributed by atoms with E-state index in [1.165, 1.54) is 25.3 Å². The number of halogens is 1. The molecule has 5 nitrogen and oxygen atoms in total. The number of nitrogens with two attached hydrogens (primary N) is 1. The summed E-state index contributed by atoms with van der Waals surface area (Å²) in [6.45, 7) is 0.446. The molecule has 0 saturated carbocycles. The van der Waals surface area contributed by atoms with Gasteiger partial charge in [0.2, 0.25) is 0 Å². The molecular weight excluding hydrogens is 273 g/mol. The van der Waals surface area contributed by atoms with E-state index in [2.05, 4.69) is 10.6 Å². The molecule has 21 heavy (non-hydrogen) atoms. The van der Waals surface area contributed by atoms with Crippen molar-refractivity contribution in [3.63, 3.8) is 0 Å². The number of rotatable bonds is 4. The Bertz CT molecular complexity index is 629. The van der Waals surface area contributed by atoms with Gasteiger partial charge in [-0.2, -0.15) is 0 Å². The third-order valence-electron chi connectivity index (χ3n) is 2.86. The van der Waals surface area contributed by atoms with Crippen LogP contribution in [0.4, 0.5) is 20.6 Å². The van der Waals surface area contributed by atoms with E-state index in [4.69, 9.17) is 10.5 Å². The number of methoxy groups -OCH3 is 1. The first-order valence-electron chi connectivity index (χ1n) is 6.33. The lowest BCUT2D eigenvalue weighted by molar-refractivity contribution is 0.262. The standard InChI is InChI=1S/C15H16FN3O2/c1-21-14-8-12(6-7-13(14)16)19-15(20)18-11-4-2-10(9-17)3-5-11/h2-8H,9,17H2,1H3,(H2,18,19,20). The first-order chi connectivity index (χ1) is 10.1. The minimum Gasteiger partial charge on any atom is -0.494 e. The van der Waals surface area contributed by atoms with E-state index in [9.17, 15) is 9.18 Å². The Morgan fingerprint density at radius 1 is 1.14 bits per heavy atom. The van der Waals surface area contributed by atoms with Gasteiger partial charge in [-0.1, -0.05) is 12.1 Å². The molecule has 2 aromatic carbocycles. The van der Waals surface area contributed by atoms with Gasteiger partial charge in [-0.05, 0) is 29.8 Å². The molecule has 4 N–H and O–H groups in total. The van der Waals surface area contributed by atoms with Crippen LogP contribution in [0.3, 0.4) is 0 Å². The maximum atomic E-state index is 13.3. The lowest BCUT2D eigenvalue weighted by atomic mass is 10.2. The van der Waals surface area contributed by atoms with Gasteiger partial charge in [-0.3, -0.25) is 0 Å². The van der Waals surface area contributed by atoms with Gasteiger partial charge in [0, 0.05) is 24.0 Å². The van der Waals surface area contributed by atoms with Crippen molar-refractivity contribution >= 4 is 17.4 Å². The number of carbonyl (C=O) groups excluding carboxylic acids is 1. The van der Waals surface area contributed by atoms with Crippen LogP contribution >= 0.6 is 0 Å². The van der Waals surface area contributed by atoms with Crippen molar-refractivity contribution in [2.75, 3.05) is 17.7 Å². The fourth-order valence-electron chi connectivity index (χ4n) is 1.76. The number of hydrogen-bond acceptors (Lipinski definition) is 3. The van der Waals surface area contributed by atoms with Crippen LogP contribution in [0.2, 0.25) is 0 Å². The van der Waals surface area contributed by atoms with Gasteiger partial charge in [0.1, 0.15) is 0 Å². The zero-order chi connectivity index (χ0) is 15.2. The van der Waals surface area contributed by atoms with Crippen molar-refractivity contribution in [2.45, 2.75) is 6.54 Å². The molecule has 0 unspecified atom stereocenters.